The molecule has 0 fully saturated rings. The number of allylic oxidation sites excluding steroid dienone is 1. The lowest BCUT2D eigenvalue weighted by atomic mass is 10.3. The standard InChI is InChI=1S/C5H10Cl2Si/c1-2-3-4-5-8(6)7/h2,8H,1,3-5H2. The molecule has 0 nitrogen and oxygen atoms in total. The number of unbranched alkanes of at least 4 members (excludes halogenated alkanes) is 1. The van der Waals surface area contributed by atoms with Gasteiger partial charge in [0.2, 0.25) is 7.42 Å². The molecule has 0 aromatic rings. The summed E-state index contributed by atoms with van der Waals surface area (Å²) in [6.45, 7) is 3.59. The Kier molecular flexibility index (Phi) is 6.05. The lowest BCUT2D eigenvalue weighted by Gasteiger charge is -1.93. The number of hydrogen-bond acceptors (Lipinski definition) is 0. The third-order valence-electron chi connectivity index (χ3n) is 0.831. The second kappa shape index (κ2) is 5.67. The smallest absolute Gasteiger partial charge is 0.150 e. The van der Waals surface area contributed by atoms with Gasteiger partial charge >= 0.3 is 0 Å². The predicted octanol–water partition coefficient (Wildman–Crippen LogP) is 2.65. The van der Waals surface area contributed by atoms with Gasteiger partial charge in [-0.15, -0.1) is 6.58 Å². The van der Waals surface area contributed by atoms with Gasteiger partial charge < -0.3 is 0 Å². The largest absolute Gasteiger partial charge is 0.237 e. The van der Waals surface area contributed by atoms with Crippen molar-refractivity contribution in [2.75, 3.05) is 0 Å². The van der Waals surface area contributed by atoms with Crippen molar-refractivity contribution in [3.8, 4) is 0 Å². The molecule has 0 spiro atoms. The monoisotopic (exact) mass is 168 g/mol. The van der Waals surface area contributed by atoms with E-state index < -0.39 is 7.42 Å². The predicted molar refractivity (Wildman–Crippen MR) is 43.1 cm³/mol. The minimum atomic E-state index is -1.31. The first kappa shape index (κ1) is 8.54. The van der Waals surface area contributed by atoms with Crippen LogP contribution in [-0.2, 0) is 0 Å². The van der Waals surface area contributed by atoms with E-state index in [1.165, 1.54) is 0 Å². The van der Waals surface area contributed by atoms with Gasteiger partial charge in [-0.3, -0.25) is 0 Å². The lowest BCUT2D eigenvalue weighted by Crippen LogP contribution is -1.89. The number of hydrogen-bond donors (Lipinski definition) is 0. The summed E-state index contributed by atoms with van der Waals surface area (Å²) in [4.78, 5) is 0. The Labute approximate surface area is 61.5 Å². The SMILES string of the molecule is C=CCCC[SiH](Cl)Cl. The van der Waals surface area contributed by atoms with Crippen LogP contribution < -0.4 is 0 Å². The molecule has 0 bridgehead atoms. The fourth-order valence-corrected chi connectivity index (χ4v) is 1.89. The van der Waals surface area contributed by atoms with Crippen molar-refractivity contribution >= 4 is 29.6 Å². The Morgan fingerprint density at radius 2 is 2.12 bits per heavy atom. The molecule has 0 rings (SSSR count). The molecule has 0 aliphatic heterocycles. The quantitative estimate of drug-likeness (QED) is 0.262. The molecule has 0 aliphatic carbocycles. The molecule has 48 valence electrons. The highest BCUT2D eigenvalue weighted by Gasteiger charge is 1.98. The number of rotatable bonds is 4. The van der Waals surface area contributed by atoms with Crippen LogP contribution in [0, 0.1) is 0 Å². The molecule has 0 N–H and O–H groups in total. The molecule has 0 aromatic carbocycles. The van der Waals surface area contributed by atoms with Gasteiger partial charge in [-0.05, 0) is 12.5 Å². The summed E-state index contributed by atoms with van der Waals surface area (Å²) in [6.07, 6.45) is 4.04. The van der Waals surface area contributed by atoms with Gasteiger partial charge in [0.15, 0.2) is 0 Å². The average molecular weight is 169 g/mol. The van der Waals surface area contributed by atoms with Crippen molar-refractivity contribution in [2.45, 2.75) is 18.9 Å². The third kappa shape index (κ3) is 6.54. The topological polar surface area (TPSA) is 0 Å². The highest BCUT2D eigenvalue weighted by atomic mass is 35.7. The van der Waals surface area contributed by atoms with Crippen LogP contribution in [0.2, 0.25) is 6.04 Å². The van der Waals surface area contributed by atoms with Crippen LogP contribution in [0.3, 0.4) is 0 Å². The van der Waals surface area contributed by atoms with Crippen molar-refractivity contribution in [1.29, 1.82) is 0 Å². The van der Waals surface area contributed by atoms with E-state index in [2.05, 4.69) is 6.58 Å². The van der Waals surface area contributed by atoms with Crippen LogP contribution in [0.4, 0.5) is 0 Å². The Hall–Kier alpha value is 0.537. The summed E-state index contributed by atoms with van der Waals surface area (Å²) in [5, 5.41) is 0. The van der Waals surface area contributed by atoms with Crippen molar-refractivity contribution < 1.29 is 0 Å². The molecule has 0 heterocycles. The van der Waals surface area contributed by atoms with Crippen LogP contribution in [0.5, 0.6) is 0 Å². The second-order valence-corrected chi connectivity index (χ2v) is 6.80. The van der Waals surface area contributed by atoms with Gasteiger partial charge in [0.1, 0.15) is 0 Å². The molecule has 0 unspecified atom stereocenters. The molecule has 3 heteroatoms. The maximum atomic E-state index is 5.58. The van der Waals surface area contributed by atoms with Crippen LogP contribution >= 0.6 is 22.2 Å². The summed E-state index contributed by atoms with van der Waals surface area (Å²) in [5.74, 6) is 0. The molecule has 0 atom stereocenters. The maximum Gasteiger partial charge on any atom is 0.237 e. The summed E-state index contributed by atoms with van der Waals surface area (Å²) < 4.78 is 0. The summed E-state index contributed by atoms with van der Waals surface area (Å²) in [5.41, 5.74) is 0. The highest BCUT2D eigenvalue weighted by molar-refractivity contribution is 7.33. The molecule has 0 saturated carbocycles. The highest BCUT2D eigenvalue weighted by Crippen LogP contribution is 2.07. The third-order valence-corrected chi connectivity index (χ3v) is 2.98. The molecule has 0 aromatic heterocycles. The van der Waals surface area contributed by atoms with Gasteiger partial charge in [0, 0.05) is 0 Å². The van der Waals surface area contributed by atoms with Crippen LogP contribution in [0.25, 0.3) is 0 Å². The van der Waals surface area contributed by atoms with E-state index in [9.17, 15) is 0 Å². The van der Waals surface area contributed by atoms with E-state index in [1.54, 1.807) is 0 Å². The maximum absolute atomic E-state index is 5.58. The fraction of sp³-hybridized carbons (Fsp3) is 0.600. The Morgan fingerprint density at radius 1 is 1.50 bits per heavy atom. The van der Waals surface area contributed by atoms with Crippen molar-refractivity contribution in [3.63, 3.8) is 0 Å². The van der Waals surface area contributed by atoms with E-state index >= 15 is 0 Å². The summed E-state index contributed by atoms with van der Waals surface area (Å²) >= 11 is 11.2. The normalized spacial score (nSPS) is 9.88. The number of halogens is 2. The molecule has 0 aliphatic rings. The van der Waals surface area contributed by atoms with E-state index in [-0.39, 0.29) is 0 Å². The molecule has 0 saturated heterocycles. The average Bonchev–Trinajstić information content (AvgIpc) is 1.66. The molecule has 0 amide bonds. The zero-order valence-corrected chi connectivity index (χ0v) is 7.41. The zero-order chi connectivity index (χ0) is 6.41. The van der Waals surface area contributed by atoms with Gasteiger partial charge in [-0.1, -0.05) is 12.5 Å². The van der Waals surface area contributed by atoms with Crippen molar-refractivity contribution in [2.24, 2.45) is 0 Å². The lowest BCUT2D eigenvalue weighted by molar-refractivity contribution is 0.954. The fourth-order valence-electron chi connectivity index (χ4n) is 0.416. The van der Waals surface area contributed by atoms with E-state index in [0.717, 1.165) is 18.9 Å². The minimum absolute atomic E-state index is 1.01. The first-order valence-electron chi connectivity index (χ1n) is 2.66. The Morgan fingerprint density at radius 3 is 2.50 bits per heavy atom. The molecular weight excluding hydrogens is 159 g/mol. The van der Waals surface area contributed by atoms with Gasteiger partial charge in [-0.2, -0.15) is 22.2 Å². The molecule has 8 heavy (non-hydrogen) atoms. The molecule has 0 radical (unpaired) electrons. The Bertz CT molecular complexity index is 63.4. The first-order valence-corrected chi connectivity index (χ1v) is 6.97. The summed E-state index contributed by atoms with van der Waals surface area (Å²) in [6, 6.07) is 1.01. The first-order chi connectivity index (χ1) is 3.77. The van der Waals surface area contributed by atoms with Gasteiger partial charge in [-0.25, -0.2) is 0 Å². The van der Waals surface area contributed by atoms with E-state index in [0.29, 0.717) is 0 Å². The van der Waals surface area contributed by atoms with E-state index in [1.807, 2.05) is 6.08 Å². The Balaban J connectivity index is 2.81. The van der Waals surface area contributed by atoms with Gasteiger partial charge in [0.05, 0.1) is 0 Å². The summed E-state index contributed by atoms with van der Waals surface area (Å²) in [7, 11) is -1.31. The van der Waals surface area contributed by atoms with E-state index in [4.69, 9.17) is 22.2 Å². The molecular formula is C5H10Cl2Si. The zero-order valence-electron chi connectivity index (χ0n) is 4.74. The van der Waals surface area contributed by atoms with Gasteiger partial charge in [0.25, 0.3) is 0 Å². The second-order valence-electron chi connectivity index (χ2n) is 1.61. The van der Waals surface area contributed by atoms with Crippen molar-refractivity contribution in [3.05, 3.63) is 12.7 Å². The van der Waals surface area contributed by atoms with Crippen molar-refractivity contribution in [1.82, 2.24) is 0 Å². The van der Waals surface area contributed by atoms with Crippen LogP contribution in [-0.4, -0.2) is 7.42 Å². The van der Waals surface area contributed by atoms with Crippen LogP contribution in [0.1, 0.15) is 12.8 Å². The van der Waals surface area contributed by atoms with Crippen LogP contribution in [0.15, 0.2) is 12.7 Å². The minimum Gasteiger partial charge on any atom is -0.150 e.